The first-order chi connectivity index (χ1) is 10.5. The van der Waals surface area contributed by atoms with E-state index >= 15 is 0 Å². The second-order valence-corrected chi connectivity index (χ2v) is 7.04. The lowest BCUT2D eigenvalue weighted by Crippen LogP contribution is -2.48. The molecule has 0 aliphatic carbocycles. The minimum absolute atomic E-state index is 0.126. The van der Waals surface area contributed by atoms with Gasteiger partial charge in [0.25, 0.3) is 5.91 Å². The van der Waals surface area contributed by atoms with E-state index in [0.717, 1.165) is 29.2 Å². The van der Waals surface area contributed by atoms with E-state index in [1.807, 2.05) is 24.8 Å². The lowest BCUT2D eigenvalue weighted by Gasteiger charge is -2.36. The average Bonchev–Trinajstić information content (AvgIpc) is 2.86. The number of thiophene rings is 1. The highest BCUT2D eigenvalue weighted by atomic mass is 32.1. The van der Waals surface area contributed by atoms with Crippen LogP contribution in [0.2, 0.25) is 0 Å². The number of piperazine rings is 1. The van der Waals surface area contributed by atoms with Crippen molar-refractivity contribution in [1.29, 1.82) is 0 Å². The molecule has 1 aliphatic rings. The molecule has 3 rings (SSSR count). The zero-order valence-corrected chi connectivity index (χ0v) is 13.6. The minimum Gasteiger partial charge on any atom is -0.368 e. The standard InChI is InChI=1S/C17H19FN2OS/c1-12-11-16(13(2)22-12)17(21)20-9-7-19(8-10-20)15-5-3-14(18)4-6-15/h3-6,11H,7-10H2,1-2H3. The lowest BCUT2D eigenvalue weighted by molar-refractivity contribution is 0.0746. The normalized spacial score (nSPS) is 15.2. The van der Waals surface area contributed by atoms with Gasteiger partial charge in [-0.15, -0.1) is 11.3 Å². The molecule has 0 saturated carbocycles. The first kappa shape index (κ1) is 15.0. The molecule has 0 atom stereocenters. The maximum atomic E-state index is 13.0. The van der Waals surface area contributed by atoms with E-state index in [1.54, 1.807) is 23.5 Å². The molecule has 3 nitrogen and oxygen atoms in total. The maximum absolute atomic E-state index is 13.0. The van der Waals surface area contributed by atoms with Crippen molar-refractivity contribution in [3.63, 3.8) is 0 Å². The van der Waals surface area contributed by atoms with E-state index in [4.69, 9.17) is 0 Å². The number of benzene rings is 1. The Morgan fingerprint density at radius 1 is 1.09 bits per heavy atom. The van der Waals surface area contributed by atoms with Crippen molar-refractivity contribution < 1.29 is 9.18 Å². The Kier molecular flexibility index (Phi) is 4.16. The summed E-state index contributed by atoms with van der Waals surface area (Å²) in [6, 6.07) is 8.52. The Morgan fingerprint density at radius 3 is 2.27 bits per heavy atom. The molecule has 5 heteroatoms. The second kappa shape index (κ2) is 6.08. The van der Waals surface area contributed by atoms with Crippen LogP contribution < -0.4 is 4.90 Å². The van der Waals surface area contributed by atoms with Crippen molar-refractivity contribution in [2.75, 3.05) is 31.1 Å². The molecule has 1 aliphatic heterocycles. The first-order valence-electron chi connectivity index (χ1n) is 7.41. The van der Waals surface area contributed by atoms with Gasteiger partial charge in [-0.05, 0) is 44.2 Å². The van der Waals surface area contributed by atoms with Gasteiger partial charge >= 0.3 is 0 Å². The van der Waals surface area contributed by atoms with Gasteiger partial charge in [0.15, 0.2) is 0 Å². The number of amides is 1. The highest BCUT2D eigenvalue weighted by molar-refractivity contribution is 7.12. The lowest BCUT2D eigenvalue weighted by atomic mass is 10.2. The van der Waals surface area contributed by atoms with Gasteiger partial charge < -0.3 is 9.80 Å². The second-order valence-electron chi connectivity index (χ2n) is 5.58. The molecule has 0 unspecified atom stereocenters. The van der Waals surface area contributed by atoms with Crippen LogP contribution in [0, 0.1) is 19.7 Å². The number of hydrogen-bond acceptors (Lipinski definition) is 3. The molecular weight excluding hydrogens is 299 g/mol. The number of carbonyl (C=O) groups excluding carboxylic acids is 1. The van der Waals surface area contributed by atoms with Gasteiger partial charge in [0, 0.05) is 41.6 Å². The summed E-state index contributed by atoms with van der Waals surface area (Å²) in [6.45, 7) is 6.98. The molecule has 1 aromatic carbocycles. The molecule has 0 bridgehead atoms. The van der Waals surface area contributed by atoms with Gasteiger partial charge in [0.2, 0.25) is 0 Å². The molecule has 1 aromatic heterocycles. The van der Waals surface area contributed by atoms with E-state index in [1.165, 1.54) is 17.0 Å². The van der Waals surface area contributed by atoms with Crippen molar-refractivity contribution in [3.05, 3.63) is 51.5 Å². The summed E-state index contributed by atoms with van der Waals surface area (Å²) in [6.07, 6.45) is 0. The van der Waals surface area contributed by atoms with E-state index in [-0.39, 0.29) is 11.7 Å². The van der Waals surface area contributed by atoms with Crippen molar-refractivity contribution in [2.45, 2.75) is 13.8 Å². The van der Waals surface area contributed by atoms with Crippen molar-refractivity contribution >= 4 is 22.9 Å². The highest BCUT2D eigenvalue weighted by Gasteiger charge is 2.24. The van der Waals surface area contributed by atoms with Crippen LogP contribution in [-0.2, 0) is 0 Å². The minimum atomic E-state index is -0.221. The van der Waals surface area contributed by atoms with Gasteiger partial charge in [-0.3, -0.25) is 4.79 Å². The summed E-state index contributed by atoms with van der Waals surface area (Å²) < 4.78 is 13.0. The van der Waals surface area contributed by atoms with Gasteiger partial charge in [-0.2, -0.15) is 0 Å². The molecule has 22 heavy (non-hydrogen) atoms. The summed E-state index contributed by atoms with van der Waals surface area (Å²) in [4.78, 5) is 18.9. The molecule has 1 saturated heterocycles. The fourth-order valence-electron chi connectivity index (χ4n) is 2.83. The Bertz CT molecular complexity index is 672. The molecule has 2 aromatic rings. The van der Waals surface area contributed by atoms with Gasteiger partial charge in [-0.1, -0.05) is 0 Å². The topological polar surface area (TPSA) is 23.6 Å². The smallest absolute Gasteiger partial charge is 0.255 e. The Balaban J connectivity index is 1.65. The summed E-state index contributed by atoms with van der Waals surface area (Å²) in [5, 5.41) is 0. The predicted octanol–water partition coefficient (Wildman–Crippen LogP) is 3.47. The van der Waals surface area contributed by atoms with Crippen molar-refractivity contribution in [3.8, 4) is 0 Å². The Labute approximate surface area is 134 Å². The predicted molar refractivity (Wildman–Crippen MR) is 88.3 cm³/mol. The summed E-state index contributed by atoms with van der Waals surface area (Å²) in [5.41, 5.74) is 1.84. The summed E-state index contributed by atoms with van der Waals surface area (Å²) in [7, 11) is 0. The number of hydrogen-bond donors (Lipinski definition) is 0. The molecule has 1 fully saturated rings. The van der Waals surface area contributed by atoms with E-state index < -0.39 is 0 Å². The zero-order chi connectivity index (χ0) is 15.7. The number of halogens is 1. The molecule has 116 valence electrons. The van der Waals surface area contributed by atoms with E-state index in [0.29, 0.717) is 13.1 Å². The third-order valence-corrected chi connectivity index (χ3v) is 5.00. The van der Waals surface area contributed by atoms with Crippen LogP contribution in [0.25, 0.3) is 0 Å². The van der Waals surface area contributed by atoms with Crippen LogP contribution in [-0.4, -0.2) is 37.0 Å². The SMILES string of the molecule is Cc1cc(C(=O)N2CCN(c3ccc(F)cc3)CC2)c(C)s1. The number of nitrogens with zero attached hydrogens (tertiary/aromatic N) is 2. The van der Waals surface area contributed by atoms with Gasteiger partial charge in [0.1, 0.15) is 5.82 Å². The Hall–Kier alpha value is -1.88. The van der Waals surface area contributed by atoms with Crippen molar-refractivity contribution in [2.24, 2.45) is 0 Å². The van der Waals surface area contributed by atoms with Gasteiger partial charge in [0.05, 0.1) is 5.56 Å². The third kappa shape index (κ3) is 2.99. The van der Waals surface area contributed by atoms with Crippen LogP contribution >= 0.6 is 11.3 Å². The van der Waals surface area contributed by atoms with Crippen LogP contribution in [0.4, 0.5) is 10.1 Å². The quantitative estimate of drug-likeness (QED) is 0.846. The van der Waals surface area contributed by atoms with Crippen molar-refractivity contribution in [1.82, 2.24) is 4.90 Å². The van der Waals surface area contributed by atoms with Crippen LogP contribution in [0.1, 0.15) is 20.1 Å². The first-order valence-corrected chi connectivity index (χ1v) is 8.23. The number of anilines is 1. The largest absolute Gasteiger partial charge is 0.368 e. The monoisotopic (exact) mass is 318 g/mol. The number of aryl methyl sites for hydroxylation is 2. The average molecular weight is 318 g/mol. The van der Waals surface area contributed by atoms with Gasteiger partial charge in [-0.25, -0.2) is 4.39 Å². The fraction of sp³-hybridized carbons (Fsp3) is 0.353. The summed E-state index contributed by atoms with van der Waals surface area (Å²) in [5.74, 6) is -0.0959. The molecule has 0 radical (unpaired) electrons. The fourth-order valence-corrected chi connectivity index (χ4v) is 3.75. The molecule has 0 spiro atoms. The molecule has 0 N–H and O–H groups in total. The third-order valence-electron chi connectivity index (χ3n) is 4.03. The van der Waals surface area contributed by atoms with Crippen LogP contribution in [0.3, 0.4) is 0 Å². The molecule has 2 heterocycles. The number of carbonyl (C=O) groups is 1. The molecular formula is C17H19FN2OS. The zero-order valence-electron chi connectivity index (χ0n) is 12.8. The summed E-state index contributed by atoms with van der Waals surface area (Å²) >= 11 is 1.67. The Morgan fingerprint density at radius 2 is 1.73 bits per heavy atom. The van der Waals surface area contributed by atoms with Crippen LogP contribution in [0.5, 0.6) is 0 Å². The maximum Gasteiger partial charge on any atom is 0.255 e. The highest BCUT2D eigenvalue weighted by Crippen LogP contribution is 2.23. The number of rotatable bonds is 2. The van der Waals surface area contributed by atoms with E-state index in [2.05, 4.69) is 4.90 Å². The van der Waals surface area contributed by atoms with Crippen LogP contribution in [0.15, 0.2) is 30.3 Å². The van der Waals surface area contributed by atoms with E-state index in [9.17, 15) is 9.18 Å². The molecule has 1 amide bonds.